The van der Waals surface area contributed by atoms with Crippen LogP contribution in [-0.2, 0) is 0 Å². The van der Waals surface area contributed by atoms with Gasteiger partial charge in [-0.25, -0.2) is 0 Å². The van der Waals surface area contributed by atoms with Gasteiger partial charge < -0.3 is 10.5 Å². The molecule has 2 N–H and O–H groups in total. The Bertz CT molecular complexity index is 662. The van der Waals surface area contributed by atoms with Gasteiger partial charge in [-0.3, -0.25) is 0 Å². The minimum Gasteiger partial charge on any atom is -0.485 e. The molecule has 0 fully saturated rings. The van der Waals surface area contributed by atoms with Gasteiger partial charge in [0.15, 0.2) is 0 Å². The lowest BCUT2D eigenvalue weighted by Crippen LogP contribution is -2.24. The molecule has 0 aliphatic carbocycles. The number of rotatable bonds is 1. The normalized spacial score (nSPS) is 21.2. The van der Waals surface area contributed by atoms with E-state index in [4.69, 9.17) is 22.1 Å². The lowest BCUT2D eigenvalue weighted by atomic mass is 9.93. The van der Waals surface area contributed by atoms with E-state index in [0.717, 1.165) is 25.8 Å². The predicted octanol–water partition coefficient (Wildman–Crippen LogP) is 5.39. The number of nitrogens with two attached hydrogens (primary N) is 1. The molecule has 2 nitrogen and oxygen atoms in total. The van der Waals surface area contributed by atoms with Crippen LogP contribution in [0.25, 0.3) is 0 Å². The number of hydrogen-bond donors (Lipinski definition) is 1. The van der Waals surface area contributed by atoms with Crippen molar-refractivity contribution in [2.45, 2.75) is 18.6 Å². The van der Waals surface area contributed by atoms with Gasteiger partial charge in [-0.15, -0.1) is 0 Å². The first kappa shape index (κ1) is 14.4. The van der Waals surface area contributed by atoms with Crippen LogP contribution in [0.3, 0.4) is 0 Å². The zero-order valence-corrected chi connectivity index (χ0v) is 14.4. The zero-order valence-electron chi connectivity index (χ0n) is 10.4. The van der Waals surface area contributed by atoms with Crippen LogP contribution in [0.1, 0.15) is 29.7 Å². The molecule has 0 spiro atoms. The number of fused-ring (bicyclic) bond motifs is 1. The van der Waals surface area contributed by atoms with Crippen LogP contribution in [0.4, 0.5) is 0 Å². The van der Waals surface area contributed by atoms with E-state index in [-0.39, 0.29) is 12.1 Å². The van der Waals surface area contributed by atoms with E-state index in [1.54, 1.807) is 0 Å². The van der Waals surface area contributed by atoms with Crippen molar-refractivity contribution >= 4 is 43.5 Å². The van der Waals surface area contributed by atoms with Crippen LogP contribution in [0, 0.1) is 0 Å². The average molecular weight is 418 g/mol. The highest BCUT2D eigenvalue weighted by Gasteiger charge is 2.28. The highest BCUT2D eigenvalue weighted by molar-refractivity contribution is 9.10. The fourth-order valence-corrected chi connectivity index (χ4v) is 3.60. The minimum absolute atomic E-state index is 0.0547. The van der Waals surface area contributed by atoms with Crippen LogP contribution < -0.4 is 10.5 Å². The van der Waals surface area contributed by atoms with Crippen molar-refractivity contribution in [1.29, 1.82) is 0 Å². The molecule has 0 radical (unpaired) electrons. The van der Waals surface area contributed by atoms with Crippen molar-refractivity contribution < 1.29 is 4.74 Å². The molecule has 1 heterocycles. The smallest absolute Gasteiger partial charge is 0.127 e. The first-order valence-corrected chi connectivity index (χ1v) is 8.17. The number of halogens is 3. The molecule has 2 aromatic rings. The van der Waals surface area contributed by atoms with E-state index in [0.29, 0.717) is 11.4 Å². The van der Waals surface area contributed by atoms with Crippen LogP contribution >= 0.6 is 43.5 Å². The highest BCUT2D eigenvalue weighted by Crippen LogP contribution is 2.42. The average Bonchev–Trinajstić information content (AvgIpc) is 2.39. The van der Waals surface area contributed by atoms with Gasteiger partial charge >= 0.3 is 0 Å². The zero-order chi connectivity index (χ0) is 14.3. The molecular weight excluding hydrogens is 405 g/mol. The Hall–Kier alpha value is -0.550. The third-order valence-electron chi connectivity index (χ3n) is 3.42. The summed E-state index contributed by atoms with van der Waals surface area (Å²) in [6.45, 7) is 0. The van der Waals surface area contributed by atoms with E-state index < -0.39 is 0 Å². The SMILES string of the molecule is N[C@@H]1CC(c2ccc(Br)cc2Cl)Oc2ccc(Br)cc21. The van der Waals surface area contributed by atoms with Crippen molar-refractivity contribution in [1.82, 2.24) is 0 Å². The quantitative estimate of drug-likeness (QED) is 0.675. The minimum atomic E-state index is -0.112. The lowest BCUT2D eigenvalue weighted by molar-refractivity contribution is 0.161. The Morgan fingerprint density at radius 2 is 1.75 bits per heavy atom. The summed E-state index contributed by atoms with van der Waals surface area (Å²) >= 11 is 13.2. The largest absolute Gasteiger partial charge is 0.485 e. The summed E-state index contributed by atoms with van der Waals surface area (Å²) in [7, 11) is 0. The van der Waals surface area contributed by atoms with Gasteiger partial charge in [0.25, 0.3) is 0 Å². The van der Waals surface area contributed by atoms with Gasteiger partial charge in [-0.05, 0) is 30.3 Å². The Morgan fingerprint density at radius 3 is 2.50 bits per heavy atom. The monoisotopic (exact) mass is 415 g/mol. The van der Waals surface area contributed by atoms with Crippen molar-refractivity contribution in [3.8, 4) is 5.75 Å². The van der Waals surface area contributed by atoms with Crippen molar-refractivity contribution in [3.63, 3.8) is 0 Å². The van der Waals surface area contributed by atoms with Crippen LogP contribution in [0.15, 0.2) is 45.3 Å². The van der Waals surface area contributed by atoms with Gasteiger partial charge in [-0.2, -0.15) is 0 Å². The van der Waals surface area contributed by atoms with Gasteiger partial charge in [0.05, 0.1) is 0 Å². The van der Waals surface area contributed by atoms with Crippen LogP contribution in [0.2, 0.25) is 5.02 Å². The standard InChI is InChI=1S/C15H12Br2ClNO/c16-8-2-4-14-11(5-8)13(19)7-15(20-14)10-3-1-9(17)6-12(10)18/h1-6,13,15H,7,19H2/t13-,15?/m1/s1. The molecule has 0 aromatic heterocycles. The summed E-state index contributed by atoms with van der Waals surface area (Å²) in [5.41, 5.74) is 8.27. The summed E-state index contributed by atoms with van der Waals surface area (Å²) in [5, 5.41) is 0.692. The second-order valence-electron chi connectivity index (χ2n) is 4.80. The summed E-state index contributed by atoms with van der Waals surface area (Å²) < 4.78 is 8.03. The molecule has 1 aliphatic heterocycles. The third-order valence-corrected chi connectivity index (χ3v) is 4.73. The molecule has 2 aromatic carbocycles. The Balaban J connectivity index is 1.97. The molecule has 0 amide bonds. The first-order valence-electron chi connectivity index (χ1n) is 6.21. The molecule has 5 heteroatoms. The number of ether oxygens (including phenoxy) is 1. The molecule has 1 unspecified atom stereocenters. The van der Waals surface area contributed by atoms with E-state index in [1.165, 1.54) is 0 Å². The Labute approximate surface area is 139 Å². The van der Waals surface area contributed by atoms with Crippen LogP contribution in [-0.4, -0.2) is 0 Å². The molecular formula is C15H12Br2ClNO. The molecule has 104 valence electrons. The number of benzene rings is 2. The van der Waals surface area contributed by atoms with E-state index in [2.05, 4.69) is 31.9 Å². The molecule has 0 saturated heterocycles. The fourth-order valence-electron chi connectivity index (χ4n) is 2.43. The van der Waals surface area contributed by atoms with Crippen LogP contribution in [0.5, 0.6) is 5.75 Å². The fraction of sp³-hybridized carbons (Fsp3) is 0.200. The molecule has 0 saturated carbocycles. The molecule has 2 atom stereocenters. The summed E-state index contributed by atoms with van der Waals surface area (Å²) in [4.78, 5) is 0. The maximum atomic E-state index is 6.30. The lowest BCUT2D eigenvalue weighted by Gasteiger charge is -2.31. The van der Waals surface area contributed by atoms with E-state index >= 15 is 0 Å². The summed E-state index contributed by atoms with van der Waals surface area (Å²) in [6, 6.07) is 11.7. The molecule has 1 aliphatic rings. The number of hydrogen-bond acceptors (Lipinski definition) is 2. The van der Waals surface area contributed by atoms with E-state index in [1.807, 2.05) is 36.4 Å². The maximum Gasteiger partial charge on any atom is 0.127 e. The van der Waals surface area contributed by atoms with Gasteiger partial charge in [0, 0.05) is 37.6 Å². The van der Waals surface area contributed by atoms with Gasteiger partial charge in [0.1, 0.15) is 11.9 Å². The van der Waals surface area contributed by atoms with Crippen molar-refractivity contribution in [3.05, 3.63) is 61.5 Å². The van der Waals surface area contributed by atoms with Gasteiger partial charge in [-0.1, -0.05) is 49.5 Å². The Kier molecular flexibility index (Phi) is 4.09. The Morgan fingerprint density at radius 1 is 1.05 bits per heavy atom. The summed E-state index contributed by atoms with van der Waals surface area (Å²) in [6.07, 6.45) is 0.601. The second kappa shape index (κ2) is 5.68. The second-order valence-corrected chi connectivity index (χ2v) is 7.04. The third kappa shape index (κ3) is 2.75. The van der Waals surface area contributed by atoms with E-state index in [9.17, 15) is 0 Å². The highest BCUT2D eigenvalue weighted by atomic mass is 79.9. The van der Waals surface area contributed by atoms with Gasteiger partial charge in [0.2, 0.25) is 0 Å². The topological polar surface area (TPSA) is 35.2 Å². The summed E-state index contributed by atoms with van der Waals surface area (Å²) in [5.74, 6) is 0.830. The molecule has 3 rings (SSSR count). The maximum absolute atomic E-state index is 6.30. The predicted molar refractivity (Wildman–Crippen MR) is 88.2 cm³/mol. The first-order chi connectivity index (χ1) is 9.54. The molecule has 20 heavy (non-hydrogen) atoms. The molecule has 0 bridgehead atoms. The van der Waals surface area contributed by atoms with Crippen molar-refractivity contribution in [2.24, 2.45) is 5.73 Å². The van der Waals surface area contributed by atoms with Crippen molar-refractivity contribution in [2.75, 3.05) is 0 Å².